The van der Waals surface area contributed by atoms with Crippen molar-refractivity contribution in [1.29, 1.82) is 0 Å². The zero-order chi connectivity index (χ0) is 19.6. The molecule has 2 aromatic carbocycles. The van der Waals surface area contributed by atoms with Gasteiger partial charge in [0, 0.05) is 5.56 Å². The predicted octanol–water partition coefficient (Wildman–Crippen LogP) is 4.32. The van der Waals surface area contributed by atoms with Crippen molar-refractivity contribution in [2.24, 2.45) is 5.10 Å². The highest BCUT2D eigenvalue weighted by molar-refractivity contribution is 6.43. The molecule has 8 heteroatoms. The number of nitrogens with one attached hydrogen (secondary N) is 2. The van der Waals surface area contributed by atoms with Crippen molar-refractivity contribution >= 4 is 41.4 Å². The average molecular weight is 408 g/mol. The summed E-state index contributed by atoms with van der Waals surface area (Å²) >= 11 is 12.0. The number of hydrazone groups is 1. The molecule has 2 amide bonds. The Morgan fingerprint density at radius 2 is 1.89 bits per heavy atom. The van der Waals surface area contributed by atoms with Crippen LogP contribution in [0, 0.1) is 0 Å². The molecular formula is C19H19Cl2N3O3. The topological polar surface area (TPSA) is 79.8 Å². The summed E-state index contributed by atoms with van der Waals surface area (Å²) in [6.45, 7) is 1.95. The van der Waals surface area contributed by atoms with Gasteiger partial charge in [-0.1, -0.05) is 65.7 Å². The fourth-order valence-electron chi connectivity index (χ4n) is 2.28. The van der Waals surface area contributed by atoms with Crippen LogP contribution in [0.2, 0.25) is 10.0 Å². The Bertz CT molecular complexity index is 813. The highest BCUT2D eigenvalue weighted by Crippen LogP contribution is 2.24. The minimum absolute atomic E-state index is 0.0105. The van der Waals surface area contributed by atoms with Gasteiger partial charge >= 0.3 is 6.09 Å². The number of hydrogen-bond acceptors (Lipinski definition) is 4. The molecule has 0 aliphatic rings. The van der Waals surface area contributed by atoms with Gasteiger partial charge in [-0.05, 0) is 18.6 Å². The summed E-state index contributed by atoms with van der Waals surface area (Å²) < 4.78 is 4.90. The van der Waals surface area contributed by atoms with Crippen molar-refractivity contribution in [2.45, 2.75) is 19.4 Å². The van der Waals surface area contributed by atoms with Gasteiger partial charge in [0.25, 0.3) is 0 Å². The van der Waals surface area contributed by atoms with Crippen LogP contribution < -0.4 is 10.7 Å². The van der Waals surface area contributed by atoms with Gasteiger partial charge in [-0.25, -0.2) is 10.2 Å². The van der Waals surface area contributed by atoms with E-state index < -0.39 is 12.1 Å². The summed E-state index contributed by atoms with van der Waals surface area (Å²) in [5.41, 5.74) is 3.78. The fraction of sp³-hybridized carbons (Fsp3) is 0.211. The van der Waals surface area contributed by atoms with Gasteiger partial charge in [-0.3, -0.25) is 4.79 Å². The van der Waals surface area contributed by atoms with E-state index in [0.29, 0.717) is 15.6 Å². The molecule has 0 aliphatic heterocycles. The molecule has 0 aliphatic carbocycles. The van der Waals surface area contributed by atoms with Crippen molar-refractivity contribution < 1.29 is 14.3 Å². The van der Waals surface area contributed by atoms with Gasteiger partial charge < -0.3 is 10.1 Å². The van der Waals surface area contributed by atoms with E-state index in [1.54, 1.807) is 25.1 Å². The third-order valence-corrected chi connectivity index (χ3v) is 4.37. The van der Waals surface area contributed by atoms with E-state index in [0.717, 1.165) is 5.56 Å². The molecule has 6 nitrogen and oxygen atoms in total. The van der Waals surface area contributed by atoms with Crippen LogP contribution in [0.3, 0.4) is 0 Å². The maximum absolute atomic E-state index is 12.2. The number of carbonyl (C=O) groups is 2. The molecule has 142 valence electrons. The first kappa shape index (κ1) is 20.7. The lowest BCUT2D eigenvalue weighted by atomic mass is 10.0. The maximum atomic E-state index is 12.2. The van der Waals surface area contributed by atoms with E-state index >= 15 is 0 Å². The summed E-state index contributed by atoms with van der Waals surface area (Å²) in [6, 6.07) is 13.7. The highest BCUT2D eigenvalue weighted by Gasteiger charge is 2.18. The van der Waals surface area contributed by atoms with Crippen LogP contribution in [-0.2, 0) is 9.53 Å². The number of nitrogens with zero attached hydrogens (tertiary/aromatic N) is 1. The normalized spacial score (nSPS) is 11.8. The lowest BCUT2D eigenvalue weighted by Gasteiger charge is -2.18. The Morgan fingerprint density at radius 3 is 2.59 bits per heavy atom. The smallest absolute Gasteiger partial charge is 0.407 e. The summed E-state index contributed by atoms with van der Waals surface area (Å²) in [5, 5.41) is 7.32. The summed E-state index contributed by atoms with van der Waals surface area (Å²) in [6.07, 6.45) is 0.805. The standard InChI is InChI=1S/C19H19Cl2N3O3/c1-2-27-19(26)23-16(13-7-4-3-5-8-13)11-17(25)24-22-12-14-9-6-10-15(20)18(14)21/h3-10,12,16H,2,11H2,1H3,(H,23,26)(H,24,25)/b22-12-/t16-/m1/s1. The van der Waals surface area contributed by atoms with Gasteiger partial charge in [-0.15, -0.1) is 0 Å². The fourth-order valence-corrected chi connectivity index (χ4v) is 2.63. The van der Waals surface area contributed by atoms with Crippen molar-refractivity contribution in [3.63, 3.8) is 0 Å². The van der Waals surface area contributed by atoms with Gasteiger partial charge in [0.15, 0.2) is 0 Å². The Balaban J connectivity index is 2.01. The molecule has 1 atom stereocenters. The largest absolute Gasteiger partial charge is 0.450 e. The monoisotopic (exact) mass is 407 g/mol. The molecule has 2 N–H and O–H groups in total. The van der Waals surface area contributed by atoms with E-state index in [1.807, 2.05) is 30.3 Å². The van der Waals surface area contributed by atoms with Crippen molar-refractivity contribution in [3.05, 3.63) is 69.7 Å². The first-order valence-corrected chi connectivity index (χ1v) is 9.01. The van der Waals surface area contributed by atoms with Gasteiger partial charge in [0.1, 0.15) is 0 Å². The van der Waals surface area contributed by atoms with Crippen LogP contribution in [0.5, 0.6) is 0 Å². The maximum Gasteiger partial charge on any atom is 0.407 e. The lowest BCUT2D eigenvalue weighted by molar-refractivity contribution is -0.121. The van der Waals surface area contributed by atoms with Crippen molar-refractivity contribution in [3.8, 4) is 0 Å². The number of ether oxygens (including phenoxy) is 1. The van der Waals surface area contributed by atoms with Gasteiger partial charge in [-0.2, -0.15) is 5.10 Å². The Morgan fingerprint density at radius 1 is 1.15 bits per heavy atom. The van der Waals surface area contributed by atoms with E-state index in [-0.39, 0.29) is 18.9 Å². The molecule has 27 heavy (non-hydrogen) atoms. The number of carbonyl (C=O) groups excluding carboxylic acids is 2. The van der Waals surface area contributed by atoms with Crippen molar-refractivity contribution in [1.82, 2.24) is 10.7 Å². The molecule has 0 radical (unpaired) electrons. The molecule has 0 saturated heterocycles. The van der Waals surface area contributed by atoms with Crippen LogP contribution in [0.1, 0.15) is 30.5 Å². The molecule has 0 saturated carbocycles. The SMILES string of the molecule is CCOC(=O)N[C@H](CC(=O)N/N=C\c1cccc(Cl)c1Cl)c1ccccc1. The molecule has 0 fully saturated rings. The van der Waals surface area contributed by atoms with Crippen molar-refractivity contribution in [2.75, 3.05) is 6.61 Å². The van der Waals surface area contributed by atoms with Crippen LogP contribution in [-0.4, -0.2) is 24.8 Å². The van der Waals surface area contributed by atoms with E-state index in [4.69, 9.17) is 27.9 Å². The second-order valence-electron chi connectivity index (χ2n) is 5.47. The quantitative estimate of drug-likeness (QED) is 0.529. The average Bonchev–Trinajstić information content (AvgIpc) is 2.65. The third kappa shape index (κ3) is 6.58. The predicted molar refractivity (Wildman–Crippen MR) is 106 cm³/mol. The molecule has 0 unspecified atom stereocenters. The molecule has 0 bridgehead atoms. The summed E-state index contributed by atoms with van der Waals surface area (Å²) in [7, 11) is 0. The number of hydrogen-bond donors (Lipinski definition) is 2. The molecule has 0 heterocycles. The second kappa shape index (κ2) is 10.5. The van der Waals surface area contributed by atoms with Gasteiger partial charge in [0.2, 0.25) is 5.91 Å². The molecular weight excluding hydrogens is 389 g/mol. The Hall–Kier alpha value is -2.57. The lowest BCUT2D eigenvalue weighted by Crippen LogP contribution is -2.33. The Kier molecular flexibility index (Phi) is 8.10. The first-order valence-electron chi connectivity index (χ1n) is 8.25. The van der Waals surface area contributed by atoms with Crippen LogP contribution in [0.25, 0.3) is 0 Å². The Labute approximate surface area is 167 Å². The minimum atomic E-state index is -0.589. The van der Waals surface area contributed by atoms with Crippen LogP contribution in [0.4, 0.5) is 4.79 Å². The number of amides is 2. The van der Waals surface area contributed by atoms with E-state index in [1.165, 1.54) is 6.21 Å². The second-order valence-corrected chi connectivity index (χ2v) is 6.25. The number of alkyl carbamates (subject to hydrolysis) is 1. The van der Waals surface area contributed by atoms with Crippen LogP contribution >= 0.6 is 23.2 Å². The first-order chi connectivity index (χ1) is 13.0. The number of rotatable bonds is 7. The van der Waals surface area contributed by atoms with Crippen LogP contribution in [0.15, 0.2) is 53.6 Å². The molecule has 0 aromatic heterocycles. The van der Waals surface area contributed by atoms with E-state index in [2.05, 4.69) is 15.8 Å². The molecule has 0 spiro atoms. The number of halogens is 2. The number of benzene rings is 2. The third-order valence-electron chi connectivity index (χ3n) is 3.53. The van der Waals surface area contributed by atoms with E-state index in [9.17, 15) is 9.59 Å². The summed E-state index contributed by atoms with van der Waals surface area (Å²) in [4.78, 5) is 24.0. The summed E-state index contributed by atoms with van der Waals surface area (Å²) in [5.74, 6) is -0.380. The zero-order valence-corrected chi connectivity index (χ0v) is 16.1. The molecule has 2 rings (SSSR count). The highest BCUT2D eigenvalue weighted by atomic mass is 35.5. The minimum Gasteiger partial charge on any atom is -0.450 e. The zero-order valence-electron chi connectivity index (χ0n) is 14.6. The van der Waals surface area contributed by atoms with Gasteiger partial charge in [0.05, 0.1) is 35.3 Å². The molecule has 2 aromatic rings.